The molecule has 1 heterocycles. The van der Waals surface area contributed by atoms with Crippen molar-refractivity contribution in [1.29, 1.82) is 0 Å². The van der Waals surface area contributed by atoms with Gasteiger partial charge < -0.3 is 14.6 Å². The molecule has 0 bridgehead atoms. The van der Waals surface area contributed by atoms with Gasteiger partial charge in [-0.3, -0.25) is 4.79 Å². The fourth-order valence-corrected chi connectivity index (χ4v) is 2.70. The van der Waals surface area contributed by atoms with Crippen molar-refractivity contribution in [2.24, 2.45) is 0 Å². The van der Waals surface area contributed by atoms with E-state index < -0.39 is 17.7 Å². The van der Waals surface area contributed by atoms with E-state index in [1.165, 1.54) is 43.5 Å². The number of rotatable bonds is 4. The van der Waals surface area contributed by atoms with Crippen molar-refractivity contribution in [2.75, 3.05) is 12.4 Å². The monoisotopic (exact) mass is 388 g/mol. The van der Waals surface area contributed by atoms with Gasteiger partial charge in [0.1, 0.15) is 22.8 Å². The molecule has 0 aliphatic carbocycles. The van der Waals surface area contributed by atoms with E-state index in [0.717, 1.165) is 0 Å². The molecular formula is C19H14ClFN2O4. The smallest absolute Gasteiger partial charge is 0.339 e. The van der Waals surface area contributed by atoms with Crippen molar-refractivity contribution >= 4 is 29.2 Å². The molecule has 8 heteroatoms. The molecule has 0 spiro atoms. The summed E-state index contributed by atoms with van der Waals surface area (Å²) >= 11 is 5.98. The van der Waals surface area contributed by atoms with E-state index in [2.05, 4.69) is 15.2 Å². The highest BCUT2D eigenvalue weighted by atomic mass is 35.5. The Labute approximate surface area is 158 Å². The minimum Gasteiger partial charge on any atom is -0.465 e. The Morgan fingerprint density at radius 2 is 1.89 bits per heavy atom. The number of halogens is 2. The molecule has 0 aliphatic heterocycles. The van der Waals surface area contributed by atoms with E-state index in [1.807, 2.05) is 0 Å². The standard InChI is InChI=1S/C19H14ClFN2O4/c1-10-16(17(23-27-10)11-3-5-12(21)6-4-11)18(24)22-13-7-8-15(20)14(9-13)19(25)26-2/h3-9H,1-2H3,(H,22,24). The SMILES string of the molecule is COC(=O)c1cc(NC(=O)c2c(-c3ccc(F)cc3)noc2C)ccc1Cl. The van der Waals surface area contributed by atoms with Crippen LogP contribution in [0, 0.1) is 12.7 Å². The topological polar surface area (TPSA) is 81.4 Å². The molecule has 0 fully saturated rings. The van der Waals surface area contributed by atoms with Crippen LogP contribution in [-0.4, -0.2) is 24.1 Å². The van der Waals surface area contributed by atoms with E-state index in [0.29, 0.717) is 17.0 Å². The van der Waals surface area contributed by atoms with Gasteiger partial charge >= 0.3 is 5.97 Å². The fraction of sp³-hybridized carbons (Fsp3) is 0.105. The number of hydrogen-bond acceptors (Lipinski definition) is 5. The minimum atomic E-state index is -0.621. The van der Waals surface area contributed by atoms with Crippen LogP contribution in [0.15, 0.2) is 47.0 Å². The van der Waals surface area contributed by atoms with E-state index >= 15 is 0 Å². The van der Waals surface area contributed by atoms with E-state index in [-0.39, 0.29) is 21.8 Å². The zero-order valence-corrected chi connectivity index (χ0v) is 15.1. The Morgan fingerprint density at radius 1 is 1.19 bits per heavy atom. The number of aromatic nitrogens is 1. The predicted molar refractivity (Wildman–Crippen MR) is 97.4 cm³/mol. The van der Waals surface area contributed by atoms with Crippen molar-refractivity contribution in [3.8, 4) is 11.3 Å². The van der Waals surface area contributed by atoms with Gasteiger partial charge in [0.05, 0.1) is 17.7 Å². The van der Waals surface area contributed by atoms with E-state index in [4.69, 9.17) is 16.1 Å². The van der Waals surface area contributed by atoms with Gasteiger partial charge in [-0.05, 0) is 49.4 Å². The van der Waals surface area contributed by atoms with Crippen LogP contribution in [0.2, 0.25) is 5.02 Å². The number of hydrogen-bond donors (Lipinski definition) is 1. The molecule has 0 atom stereocenters. The lowest BCUT2D eigenvalue weighted by Gasteiger charge is -2.08. The first-order valence-corrected chi connectivity index (χ1v) is 8.20. The Bertz CT molecular complexity index is 1020. The molecule has 138 valence electrons. The van der Waals surface area contributed by atoms with E-state index in [1.54, 1.807) is 13.0 Å². The van der Waals surface area contributed by atoms with E-state index in [9.17, 15) is 14.0 Å². The normalized spacial score (nSPS) is 10.5. The van der Waals surface area contributed by atoms with Gasteiger partial charge in [0.25, 0.3) is 5.91 Å². The highest BCUT2D eigenvalue weighted by Crippen LogP contribution is 2.27. The Kier molecular flexibility index (Phi) is 5.23. The first kappa shape index (κ1) is 18.6. The van der Waals surface area contributed by atoms with Crippen molar-refractivity contribution < 1.29 is 23.2 Å². The number of amides is 1. The molecule has 2 aromatic carbocycles. The lowest BCUT2D eigenvalue weighted by atomic mass is 10.1. The number of carbonyl (C=O) groups excluding carboxylic acids is 2. The van der Waals surface area contributed by atoms with Gasteiger partial charge in [0, 0.05) is 11.3 Å². The van der Waals surface area contributed by atoms with Crippen LogP contribution in [0.25, 0.3) is 11.3 Å². The lowest BCUT2D eigenvalue weighted by Crippen LogP contribution is -2.14. The summed E-state index contributed by atoms with van der Waals surface area (Å²) in [5.41, 5.74) is 1.49. The third-order valence-electron chi connectivity index (χ3n) is 3.84. The van der Waals surface area contributed by atoms with Gasteiger partial charge in [-0.15, -0.1) is 0 Å². The molecule has 3 rings (SSSR count). The molecule has 3 aromatic rings. The Balaban J connectivity index is 1.93. The third-order valence-corrected chi connectivity index (χ3v) is 4.17. The third kappa shape index (κ3) is 3.83. The number of benzene rings is 2. The number of nitrogens with zero attached hydrogens (tertiary/aromatic N) is 1. The predicted octanol–water partition coefficient (Wildman–Crippen LogP) is 4.48. The molecule has 6 nitrogen and oxygen atoms in total. The molecule has 1 N–H and O–H groups in total. The molecular weight excluding hydrogens is 375 g/mol. The van der Waals surface area contributed by atoms with Gasteiger partial charge in [0.2, 0.25) is 0 Å². The molecule has 0 saturated heterocycles. The molecule has 0 unspecified atom stereocenters. The van der Waals surface area contributed by atoms with Crippen LogP contribution in [0.1, 0.15) is 26.5 Å². The average molecular weight is 389 g/mol. The van der Waals surface area contributed by atoms with Crippen LogP contribution in [0.5, 0.6) is 0 Å². The van der Waals surface area contributed by atoms with Crippen LogP contribution in [0.4, 0.5) is 10.1 Å². The van der Waals surface area contributed by atoms with Crippen LogP contribution < -0.4 is 5.32 Å². The molecule has 0 radical (unpaired) electrons. The van der Waals surface area contributed by atoms with Gasteiger partial charge in [-0.1, -0.05) is 16.8 Å². The second kappa shape index (κ2) is 7.59. The van der Waals surface area contributed by atoms with Gasteiger partial charge in [0.15, 0.2) is 0 Å². The Morgan fingerprint density at radius 3 is 2.56 bits per heavy atom. The number of aryl methyl sites for hydroxylation is 1. The summed E-state index contributed by atoms with van der Waals surface area (Å²) in [7, 11) is 1.24. The number of carbonyl (C=O) groups is 2. The Hall–Kier alpha value is -3.19. The summed E-state index contributed by atoms with van der Waals surface area (Å²) < 4.78 is 22.9. The maximum absolute atomic E-state index is 13.1. The quantitative estimate of drug-likeness (QED) is 0.666. The summed E-state index contributed by atoms with van der Waals surface area (Å²) in [5, 5.41) is 6.77. The van der Waals surface area contributed by atoms with Gasteiger partial charge in [-0.25, -0.2) is 9.18 Å². The number of anilines is 1. The molecule has 0 aliphatic rings. The molecule has 27 heavy (non-hydrogen) atoms. The van der Waals surface area contributed by atoms with Crippen LogP contribution in [0.3, 0.4) is 0 Å². The highest BCUT2D eigenvalue weighted by Gasteiger charge is 2.22. The summed E-state index contributed by atoms with van der Waals surface area (Å²) in [5.74, 6) is -1.22. The summed E-state index contributed by atoms with van der Waals surface area (Å²) in [6.45, 7) is 1.59. The average Bonchev–Trinajstić information content (AvgIpc) is 3.05. The largest absolute Gasteiger partial charge is 0.465 e. The first-order valence-electron chi connectivity index (χ1n) is 7.82. The minimum absolute atomic E-state index is 0.123. The molecule has 0 saturated carbocycles. The van der Waals surface area contributed by atoms with Crippen molar-refractivity contribution in [3.63, 3.8) is 0 Å². The first-order chi connectivity index (χ1) is 12.9. The maximum atomic E-state index is 13.1. The summed E-state index contributed by atoms with van der Waals surface area (Å²) in [6.07, 6.45) is 0. The van der Waals surface area contributed by atoms with Gasteiger partial charge in [-0.2, -0.15) is 0 Å². The second-order valence-corrected chi connectivity index (χ2v) is 6.02. The van der Waals surface area contributed by atoms with Crippen LogP contribution in [-0.2, 0) is 4.74 Å². The van der Waals surface area contributed by atoms with Crippen molar-refractivity contribution in [3.05, 3.63) is 70.2 Å². The number of nitrogens with one attached hydrogen (secondary N) is 1. The lowest BCUT2D eigenvalue weighted by molar-refractivity contribution is 0.0600. The summed E-state index contributed by atoms with van der Waals surface area (Å²) in [6, 6.07) is 9.97. The van der Waals surface area contributed by atoms with Crippen molar-refractivity contribution in [1.82, 2.24) is 5.16 Å². The fourth-order valence-electron chi connectivity index (χ4n) is 2.51. The van der Waals surface area contributed by atoms with Crippen molar-refractivity contribution in [2.45, 2.75) is 6.92 Å². The molecule has 1 aromatic heterocycles. The zero-order chi connectivity index (χ0) is 19.6. The highest BCUT2D eigenvalue weighted by molar-refractivity contribution is 6.33. The van der Waals surface area contributed by atoms with Crippen LogP contribution >= 0.6 is 11.6 Å². The summed E-state index contributed by atoms with van der Waals surface area (Å²) in [4.78, 5) is 24.5. The number of ether oxygens (including phenoxy) is 1. The second-order valence-electron chi connectivity index (χ2n) is 5.61. The zero-order valence-electron chi connectivity index (χ0n) is 14.4. The molecule has 1 amide bonds. The maximum Gasteiger partial charge on any atom is 0.339 e. The number of esters is 1. The number of methoxy groups -OCH3 is 1.